The summed E-state index contributed by atoms with van der Waals surface area (Å²) in [5.74, 6) is 2.06. The van der Waals surface area contributed by atoms with Gasteiger partial charge in [0, 0.05) is 25.7 Å². The maximum absolute atomic E-state index is 12.4. The van der Waals surface area contributed by atoms with E-state index in [1.807, 2.05) is 46.8 Å². The Bertz CT molecular complexity index is 670. The van der Waals surface area contributed by atoms with Crippen LogP contribution in [0.15, 0.2) is 35.5 Å². The number of hydrogen-bond donors (Lipinski definition) is 0. The van der Waals surface area contributed by atoms with Crippen LogP contribution in [-0.2, 0) is 11.8 Å². The number of carbonyl (C=O) groups is 1. The molecule has 1 saturated heterocycles. The van der Waals surface area contributed by atoms with Crippen LogP contribution in [0.5, 0.6) is 0 Å². The number of piperidine rings is 1. The number of hydrogen-bond acceptors (Lipinski definition) is 4. The van der Waals surface area contributed by atoms with Crippen molar-refractivity contribution in [1.82, 2.24) is 19.7 Å². The van der Waals surface area contributed by atoms with Gasteiger partial charge in [0.15, 0.2) is 11.0 Å². The van der Waals surface area contributed by atoms with E-state index in [0.717, 1.165) is 36.1 Å². The van der Waals surface area contributed by atoms with Gasteiger partial charge in [0.2, 0.25) is 5.91 Å². The molecule has 0 saturated carbocycles. The number of carbonyl (C=O) groups excluding carboxylic acids is 1. The number of nitrogens with zero attached hydrogens (tertiary/aromatic N) is 4. The van der Waals surface area contributed by atoms with E-state index in [1.54, 1.807) is 0 Å². The van der Waals surface area contributed by atoms with Gasteiger partial charge in [-0.15, -0.1) is 10.2 Å². The molecule has 1 aromatic carbocycles. The van der Waals surface area contributed by atoms with Gasteiger partial charge in [-0.05, 0) is 18.8 Å². The lowest BCUT2D eigenvalue weighted by atomic mass is 10.0. The van der Waals surface area contributed by atoms with Crippen molar-refractivity contribution in [1.29, 1.82) is 0 Å². The molecule has 1 aromatic heterocycles. The lowest BCUT2D eigenvalue weighted by Crippen LogP contribution is -2.40. The molecule has 0 N–H and O–H groups in total. The van der Waals surface area contributed by atoms with Crippen LogP contribution < -0.4 is 0 Å². The molecule has 3 rings (SSSR count). The van der Waals surface area contributed by atoms with Crippen molar-refractivity contribution in [2.24, 2.45) is 13.0 Å². The van der Waals surface area contributed by atoms with Crippen LogP contribution >= 0.6 is 11.8 Å². The number of rotatable bonds is 4. The Morgan fingerprint density at radius 1 is 1.30 bits per heavy atom. The van der Waals surface area contributed by atoms with E-state index in [2.05, 4.69) is 17.1 Å². The molecule has 23 heavy (non-hydrogen) atoms. The lowest BCUT2D eigenvalue weighted by molar-refractivity contribution is -0.130. The molecular weight excluding hydrogens is 308 g/mol. The van der Waals surface area contributed by atoms with Crippen molar-refractivity contribution in [3.8, 4) is 11.4 Å². The lowest BCUT2D eigenvalue weighted by Gasteiger charge is -2.30. The van der Waals surface area contributed by atoms with Crippen LogP contribution in [0.25, 0.3) is 11.4 Å². The highest BCUT2D eigenvalue weighted by Gasteiger charge is 2.21. The summed E-state index contributed by atoms with van der Waals surface area (Å²) in [7, 11) is 1.94. The molecule has 1 amide bonds. The van der Waals surface area contributed by atoms with Gasteiger partial charge in [-0.1, -0.05) is 49.0 Å². The molecule has 0 aliphatic carbocycles. The summed E-state index contributed by atoms with van der Waals surface area (Å²) in [6, 6.07) is 9.97. The van der Waals surface area contributed by atoms with Gasteiger partial charge in [0.25, 0.3) is 0 Å². The zero-order valence-corrected chi connectivity index (χ0v) is 14.4. The van der Waals surface area contributed by atoms with Gasteiger partial charge in [0.05, 0.1) is 5.75 Å². The topological polar surface area (TPSA) is 51.0 Å². The molecular formula is C17H22N4OS. The van der Waals surface area contributed by atoms with Crippen LogP contribution in [0.1, 0.15) is 19.8 Å². The third-order valence-corrected chi connectivity index (χ3v) is 5.21. The standard InChI is InChI=1S/C17H22N4OS/c1-13-7-6-10-21(11-13)15(22)12-23-17-19-18-16(20(17)2)14-8-4-3-5-9-14/h3-5,8-9,13H,6-7,10-12H2,1-2H3. The summed E-state index contributed by atoms with van der Waals surface area (Å²) in [5.41, 5.74) is 1.03. The van der Waals surface area contributed by atoms with E-state index < -0.39 is 0 Å². The first-order chi connectivity index (χ1) is 11.1. The first kappa shape index (κ1) is 16.1. The number of thioether (sulfide) groups is 1. The average Bonchev–Trinajstić information content (AvgIpc) is 2.94. The zero-order valence-electron chi connectivity index (χ0n) is 13.6. The van der Waals surface area contributed by atoms with Gasteiger partial charge in [0.1, 0.15) is 0 Å². The van der Waals surface area contributed by atoms with Gasteiger partial charge >= 0.3 is 0 Å². The fraction of sp³-hybridized carbons (Fsp3) is 0.471. The van der Waals surface area contributed by atoms with Crippen LogP contribution in [0, 0.1) is 5.92 Å². The summed E-state index contributed by atoms with van der Waals surface area (Å²) in [6.45, 7) is 3.98. The van der Waals surface area contributed by atoms with Gasteiger partial charge in [-0.25, -0.2) is 0 Å². The van der Waals surface area contributed by atoms with Gasteiger partial charge < -0.3 is 9.47 Å². The summed E-state index contributed by atoms with van der Waals surface area (Å²) in [4.78, 5) is 14.3. The van der Waals surface area contributed by atoms with Crippen molar-refractivity contribution in [3.05, 3.63) is 30.3 Å². The van der Waals surface area contributed by atoms with Crippen molar-refractivity contribution in [2.75, 3.05) is 18.8 Å². The molecule has 0 radical (unpaired) electrons. The van der Waals surface area contributed by atoms with E-state index >= 15 is 0 Å². The maximum atomic E-state index is 12.4. The predicted octanol–water partition coefficient (Wildman–Crippen LogP) is 2.83. The zero-order chi connectivity index (χ0) is 16.2. The van der Waals surface area contributed by atoms with Crippen molar-refractivity contribution in [3.63, 3.8) is 0 Å². The molecule has 1 aliphatic heterocycles. The highest BCUT2D eigenvalue weighted by atomic mass is 32.2. The van der Waals surface area contributed by atoms with E-state index in [9.17, 15) is 4.79 Å². The Morgan fingerprint density at radius 3 is 2.83 bits per heavy atom. The molecule has 5 nitrogen and oxygen atoms in total. The van der Waals surface area contributed by atoms with Crippen molar-refractivity contribution >= 4 is 17.7 Å². The fourth-order valence-electron chi connectivity index (χ4n) is 2.91. The van der Waals surface area contributed by atoms with Crippen molar-refractivity contribution in [2.45, 2.75) is 24.9 Å². The second-order valence-electron chi connectivity index (χ2n) is 6.11. The van der Waals surface area contributed by atoms with Crippen LogP contribution in [0.2, 0.25) is 0 Å². The minimum absolute atomic E-state index is 0.200. The highest BCUT2D eigenvalue weighted by molar-refractivity contribution is 7.99. The molecule has 0 spiro atoms. The number of likely N-dealkylation sites (tertiary alicyclic amines) is 1. The van der Waals surface area contributed by atoms with Gasteiger partial charge in [-0.3, -0.25) is 4.79 Å². The average molecular weight is 330 g/mol. The van der Waals surface area contributed by atoms with Gasteiger partial charge in [-0.2, -0.15) is 0 Å². The van der Waals surface area contributed by atoms with E-state index in [0.29, 0.717) is 11.7 Å². The van der Waals surface area contributed by atoms with E-state index in [4.69, 9.17) is 0 Å². The third-order valence-electron chi connectivity index (χ3n) is 4.20. The Labute approximate surface area is 141 Å². The Morgan fingerprint density at radius 2 is 2.09 bits per heavy atom. The molecule has 6 heteroatoms. The largest absolute Gasteiger partial charge is 0.342 e. The third kappa shape index (κ3) is 3.75. The summed E-state index contributed by atoms with van der Waals surface area (Å²) < 4.78 is 1.95. The van der Waals surface area contributed by atoms with Crippen LogP contribution in [0.4, 0.5) is 0 Å². The van der Waals surface area contributed by atoms with Crippen LogP contribution in [-0.4, -0.2) is 44.4 Å². The maximum Gasteiger partial charge on any atom is 0.233 e. The first-order valence-corrected chi connectivity index (χ1v) is 8.99. The minimum Gasteiger partial charge on any atom is -0.342 e. The second kappa shape index (κ2) is 7.17. The quantitative estimate of drug-likeness (QED) is 0.809. The highest BCUT2D eigenvalue weighted by Crippen LogP contribution is 2.23. The van der Waals surface area contributed by atoms with Crippen molar-refractivity contribution < 1.29 is 4.79 Å². The summed E-state index contributed by atoms with van der Waals surface area (Å²) in [6.07, 6.45) is 2.33. The monoisotopic (exact) mass is 330 g/mol. The molecule has 1 fully saturated rings. The normalized spacial score (nSPS) is 18.2. The molecule has 1 aliphatic rings. The Balaban J connectivity index is 1.63. The molecule has 1 atom stereocenters. The first-order valence-electron chi connectivity index (χ1n) is 8.00. The summed E-state index contributed by atoms with van der Waals surface area (Å²) >= 11 is 1.46. The van der Waals surface area contributed by atoms with E-state index in [1.165, 1.54) is 18.2 Å². The SMILES string of the molecule is CC1CCCN(C(=O)CSc2nnc(-c3ccccc3)n2C)C1. The minimum atomic E-state index is 0.200. The Hall–Kier alpha value is -1.82. The smallest absolute Gasteiger partial charge is 0.233 e. The number of benzene rings is 1. The molecule has 0 bridgehead atoms. The number of aromatic nitrogens is 3. The summed E-state index contributed by atoms with van der Waals surface area (Å²) in [5, 5.41) is 9.26. The molecule has 2 heterocycles. The molecule has 1 unspecified atom stereocenters. The number of amides is 1. The molecule has 122 valence electrons. The van der Waals surface area contributed by atoms with Crippen LogP contribution in [0.3, 0.4) is 0 Å². The molecule has 2 aromatic rings. The fourth-order valence-corrected chi connectivity index (χ4v) is 3.73. The Kier molecular flexibility index (Phi) is 5.00. The van der Waals surface area contributed by atoms with E-state index in [-0.39, 0.29) is 5.91 Å². The predicted molar refractivity (Wildman–Crippen MR) is 92.1 cm³/mol. The second-order valence-corrected chi connectivity index (χ2v) is 7.05.